The molecule has 0 saturated carbocycles. The molecule has 2 aliphatic rings. The third kappa shape index (κ3) is 16.4. The molecule has 4 N–H and O–H groups in total. The van der Waals surface area contributed by atoms with Gasteiger partial charge in [0.05, 0.1) is 54.7 Å². The maximum absolute atomic E-state index is 13.8. The number of amides is 3. The largest absolute Gasteiger partial charge is 0.381 e. The number of ether oxygens (including phenoxy) is 3. The molecular formula is C61H79N9O8S. The van der Waals surface area contributed by atoms with Crippen molar-refractivity contribution in [2.24, 2.45) is 11.1 Å². The second-order valence-electron chi connectivity index (χ2n) is 21.9. The lowest BCUT2D eigenvalue weighted by Crippen LogP contribution is -2.42. The first kappa shape index (κ1) is 59.8. The van der Waals surface area contributed by atoms with Gasteiger partial charge in [-0.25, -0.2) is 9.67 Å². The fourth-order valence-corrected chi connectivity index (χ4v) is 11.2. The molecule has 422 valence electrons. The third-order valence-corrected chi connectivity index (χ3v) is 15.6. The van der Waals surface area contributed by atoms with Gasteiger partial charge in [-0.15, -0.1) is 16.4 Å². The Balaban J connectivity index is 0.000000264. The zero-order valence-corrected chi connectivity index (χ0v) is 48.3. The van der Waals surface area contributed by atoms with Crippen LogP contribution in [0, 0.1) is 33.1 Å². The van der Waals surface area contributed by atoms with E-state index in [1.807, 2.05) is 80.7 Å². The predicted molar refractivity (Wildman–Crippen MR) is 310 cm³/mol. The van der Waals surface area contributed by atoms with Crippen LogP contribution in [0.1, 0.15) is 123 Å². The molecule has 2 fully saturated rings. The average molecular weight is 1100 g/mol. The highest BCUT2D eigenvalue weighted by molar-refractivity contribution is 7.13. The van der Waals surface area contributed by atoms with Crippen LogP contribution in [0.15, 0.2) is 83.2 Å². The number of carbonyl (C=O) groups is 4. The number of likely N-dealkylation sites (tertiary alicyclic amines) is 1. The molecular weight excluding hydrogens is 1020 g/mol. The topological polar surface area (TPSA) is 217 Å². The summed E-state index contributed by atoms with van der Waals surface area (Å²) in [5.74, 6) is -0.297. The van der Waals surface area contributed by atoms with E-state index in [1.165, 1.54) is 10.4 Å². The van der Waals surface area contributed by atoms with Crippen LogP contribution in [-0.4, -0.2) is 118 Å². The van der Waals surface area contributed by atoms with E-state index < -0.39 is 5.91 Å². The zero-order valence-electron chi connectivity index (χ0n) is 47.5. The van der Waals surface area contributed by atoms with Crippen molar-refractivity contribution in [1.82, 2.24) is 35.2 Å². The number of hydrogen-bond acceptors (Lipinski definition) is 13. The quantitative estimate of drug-likeness (QED) is 0.0542. The standard InChI is InChI=1S/C37H47N7O6.C24H32N2O2S/c1-5-44(30-10-13-48-14-11-30)34-20-29(19-31(26(34)4)36(46)39-21-32-24(2)18-25(3)40-37(32)47)27-6-8-28(9-7-27)33-22-43(42-41-33)12-15-49-16-17-50-23-35(38)45;1-16(18-8-10-19(11-9-18)23-17(2)25-15-29-23)13-21(27)20-7-6-12-26(20)22(28)14-24(3,4)5/h6-9,18-20,22,30H,5,10-17,21,23H2,1-4H3,(H2,38,45)(H,39,46)(H,40,47);8-11,15-16,20H,6-7,12-14H2,1-5H3/t;16-,20+/m.1/s1. The third-order valence-electron chi connectivity index (χ3n) is 14.6. The number of Topliss-reactive ketones (excluding diaryl/α,β-unsaturated/α-hetero) is 1. The summed E-state index contributed by atoms with van der Waals surface area (Å²) in [6, 6.07) is 22.6. The minimum atomic E-state index is -0.512. The van der Waals surface area contributed by atoms with E-state index in [4.69, 9.17) is 19.9 Å². The molecule has 0 bridgehead atoms. The van der Waals surface area contributed by atoms with Crippen LogP contribution in [0.4, 0.5) is 5.69 Å². The summed E-state index contributed by atoms with van der Waals surface area (Å²) < 4.78 is 18.0. The normalized spacial score (nSPS) is 15.1. The summed E-state index contributed by atoms with van der Waals surface area (Å²) in [7, 11) is 0. The molecule has 18 heteroatoms. The molecule has 8 rings (SSSR count). The molecule has 5 heterocycles. The Morgan fingerprint density at radius 2 is 1.61 bits per heavy atom. The molecule has 17 nitrogen and oxygen atoms in total. The Bertz CT molecular complexity index is 3080. The Morgan fingerprint density at radius 3 is 2.27 bits per heavy atom. The molecule has 3 aromatic heterocycles. The Morgan fingerprint density at radius 1 is 0.911 bits per heavy atom. The van der Waals surface area contributed by atoms with Crippen molar-refractivity contribution in [1.29, 1.82) is 0 Å². The number of hydrogen-bond donors (Lipinski definition) is 3. The maximum Gasteiger partial charge on any atom is 0.253 e. The molecule has 0 unspecified atom stereocenters. The number of ketones is 1. The van der Waals surface area contributed by atoms with Gasteiger partial charge in [0.15, 0.2) is 5.78 Å². The van der Waals surface area contributed by atoms with Gasteiger partial charge in [-0.05, 0) is 123 Å². The molecule has 0 radical (unpaired) electrons. The first-order chi connectivity index (χ1) is 37.8. The molecule has 3 aromatic carbocycles. The van der Waals surface area contributed by atoms with Crippen molar-refractivity contribution in [2.75, 3.05) is 57.6 Å². The second kappa shape index (κ2) is 27.8. The number of carbonyl (C=O) groups excluding carboxylic acids is 4. The number of aromatic amines is 1. The van der Waals surface area contributed by atoms with Crippen molar-refractivity contribution in [3.05, 3.63) is 128 Å². The molecule has 79 heavy (non-hydrogen) atoms. The van der Waals surface area contributed by atoms with Crippen LogP contribution in [0.3, 0.4) is 0 Å². The summed E-state index contributed by atoms with van der Waals surface area (Å²) in [4.78, 5) is 75.5. The van der Waals surface area contributed by atoms with E-state index in [0.717, 1.165) is 88.4 Å². The van der Waals surface area contributed by atoms with E-state index in [2.05, 4.69) is 95.4 Å². The number of nitrogens with zero attached hydrogens (tertiary/aromatic N) is 6. The molecule has 0 spiro atoms. The SMILES string of the molecule is CCN(c1cc(-c2ccc(-c3cn(CCOCCOCC(N)=O)nn3)cc2)cc(C(=O)NCc2c(C)cc(C)[nH]c2=O)c1C)C1CCOCC1.Cc1ncsc1-c1ccc([C@H](C)CC(=O)[C@@H]2CCCN2C(=O)CC(C)(C)C)cc1. The van der Waals surface area contributed by atoms with Crippen molar-refractivity contribution in [2.45, 2.75) is 132 Å². The fourth-order valence-electron chi connectivity index (χ4n) is 10.4. The number of anilines is 1. The van der Waals surface area contributed by atoms with Gasteiger partial charge in [0.1, 0.15) is 12.3 Å². The first-order valence-electron chi connectivity index (χ1n) is 27.5. The van der Waals surface area contributed by atoms with Crippen LogP contribution in [0.2, 0.25) is 0 Å². The lowest BCUT2D eigenvalue weighted by molar-refractivity contribution is -0.139. The van der Waals surface area contributed by atoms with E-state index in [-0.39, 0.29) is 60.3 Å². The van der Waals surface area contributed by atoms with Crippen LogP contribution in [-0.2, 0) is 41.7 Å². The number of primary amides is 1. The van der Waals surface area contributed by atoms with Gasteiger partial charge < -0.3 is 40.0 Å². The van der Waals surface area contributed by atoms with Crippen molar-refractivity contribution >= 4 is 40.5 Å². The molecule has 0 aliphatic carbocycles. The van der Waals surface area contributed by atoms with Gasteiger partial charge >= 0.3 is 0 Å². The Hall–Kier alpha value is -6.86. The van der Waals surface area contributed by atoms with Gasteiger partial charge in [0, 0.05) is 79.8 Å². The second-order valence-corrected chi connectivity index (χ2v) is 22.8. The van der Waals surface area contributed by atoms with E-state index in [1.54, 1.807) is 16.0 Å². The summed E-state index contributed by atoms with van der Waals surface area (Å²) in [5.41, 5.74) is 18.2. The number of nitrogens with two attached hydrogens (primary N) is 1. The minimum absolute atomic E-state index is 0.0568. The Labute approximate surface area is 468 Å². The Kier molecular flexibility index (Phi) is 21.1. The number of thiazole rings is 1. The van der Waals surface area contributed by atoms with Gasteiger partial charge in [-0.1, -0.05) is 81.4 Å². The molecule has 3 amide bonds. The number of nitrogens with one attached hydrogen (secondary N) is 2. The van der Waals surface area contributed by atoms with Crippen molar-refractivity contribution in [3.8, 4) is 32.8 Å². The predicted octanol–water partition coefficient (Wildman–Crippen LogP) is 9.29. The minimum Gasteiger partial charge on any atom is -0.381 e. The summed E-state index contributed by atoms with van der Waals surface area (Å²) >= 11 is 1.65. The van der Waals surface area contributed by atoms with Gasteiger partial charge in [0.25, 0.3) is 11.5 Å². The van der Waals surface area contributed by atoms with E-state index in [9.17, 15) is 24.0 Å². The van der Waals surface area contributed by atoms with Gasteiger partial charge in [-0.2, -0.15) is 0 Å². The summed E-state index contributed by atoms with van der Waals surface area (Å²) in [6.45, 7) is 22.7. The number of pyridine rings is 1. The maximum atomic E-state index is 13.8. The van der Waals surface area contributed by atoms with Crippen molar-refractivity contribution in [3.63, 3.8) is 0 Å². The molecule has 2 saturated heterocycles. The zero-order chi connectivity index (χ0) is 56.8. The number of aromatic nitrogens is 5. The first-order valence-corrected chi connectivity index (χ1v) is 28.4. The molecule has 2 aliphatic heterocycles. The van der Waals surface area contributed by atoms with Crippen LogP contribution >= 0.6 is 11.3 Å². The van der Waals surface area contributed by atoms with Crippen molar-refractivity contribution < 1.29 is 33.4 Å². The summed E-state index contributed by atoms with van der Waals surface area (Å²) in [6.07, 6.45) is 6.38. The van der Waals surface area contributed by atoms with Crippen LogP contribution < -0.4 is 21.5 Å². The fraction of sp³-hybridized carbons (Fsp3) is 0.475. The van der Waals surface area contributed by atoms with E-state index >= 15 is 0 Å². The highest BCUT2D eigenvalue weighted by Gasteiger charge is 2.35. The van der Waals surface area contributed by atoms with Crippen LogP contribution in [0.5, 0.6) is 0 Å². The smallest absolute Gasteiger partial charge is 0.253 e. The van der Waals surface area contributed by atoms with Gasteiger partial charge in [0.2, 0.25) is 11.8 Å². The lowest BCUT2D eigenvalue weighted by atomic mass is 9.90. The summed E-state index contributed by atoms with van der Waals surface area (Å²) in [5, 5.41) is 11.6. The number of H-pyrrole nitrogens is 1. The number of benzene rings is 3. The molecule has 6 aromatic rings. The average Bonchev–Trinajstić information content (AvgIpc) is 4.28. The van der Waals surface area contributed by atoms with Gasteiger partial charge in [-0.3, -0.25) is 24.0 Å². The number of aryl methyl sites for hydroxylation is 3. The lowest BCUT2D eigenvalue weighted by Gasteiger charge is -2.37. The monoisotopic (exact) mass is 1100 g/mol. The molecule has 2 atom stereocenters. The number of rotatable bonds is 22. The van der Waals surface area contributed by atoms with Crippen LogP contribution in [0.25, 0.3) is 32.8 Å². The highest BCUT2D eigenvalue weighted by Crippen LogP contribution is 2.36. The van der Waals surface area contributed by atoms with E-state index in [0.29, 0.717) is 69.5 Å². The highest BCUT2D eigenvalue weighted by atomic mass is 32.1.